The fraction of sp³-hybridized carbons (Fsp3) is 0.515. The zero-order valence-corrected chi connectivity index (χ0v) is 30.7. The number of fused-ring (bicyclic) bond motifs is 6. The van der Waals surface area contributed by atoms with E-state index in [1.165, 1.54) is 68.3 Å². The van der Waals surface area contributed by atoms with E-state index in [1.807, 2.05) is 24.3 Å². The van der Waals surface area contributed by atoms with Gasteiger partial charge in [-0.15, -0.1) is 0 Å². The molecule has 0 saturated carbocycles. The van der Waals surface area contributed by atoms with Crippen LogP contribution in [0.3, 0.4) is 0 Å². The molecule has 11 nitrogen and oxygen atoms in total. The van der Waals surface area contributed by atoms with Crippen LogP contribution in [0.2, 0.25) is 0 Å². The van der Waals surface area contributed by atoms with Gasteiger partial charge in [0.15, 0.2) is 9.74 Å². The molecule has 6 heterocycles. The Morgan fingerprint density at radius 3 is 1.33 bits per heavy atom. The summed E-state index contributed by atoms with van der Waals surface area (Å²) in [4.78, 5) is 54.1. The standard InChI is InChI=1S/C33H41N5O6S4/c1-35-28(43)32(20-39)37(3)26(41)30(35,45-47-32)17-23-10-8-22(9-11-23)7-5-6-16-34-19-25-14-12-24(13-15-25)18-31-27(42)38(4)33(21-40,48-46-31)29(44)36(31)2/h8-15,34,39-40H,5-7,16-21H2,1-4H3/t30-,31-,32-,33-/m0/s1. The van der Waals surface area contributed by atoms with Crippen LogP contribution in [0.5, 0.6) is 0 Å². The van der Waals surface area contributed by atoms with Crippen LogP contribution in [0.25, 0.3) is 0 Å². The summed E-state index contributed by atoms with van der Waals surface area (Å²) in [6, 6.07) is 16.4. The minimum atomic E-state index is -1.25. The lowest BCUT2D eigenvalue weighted by atomic mass is 9.96. The molecule has 258 valence electrons. The number of likely N-dealkylation sites (N-methyl/N-ethyl adjacent to an activating group) is 4. The highest BCUT2D eigenvalue weighted by molar-refractivity contribution is 8.78. The van der Waals surface area contributed by atoms with Crippen molar-refractivity contribution in [2.24, 2.45) is 0 Å². The number of carbonyl (C=O) groups is 4. The van der Waals surface area contributed by atoms with Gasteiger partial charge in [-0.2, -0.15) is 0 Å². The van der Waals surface area contributed by atoms with E-state index in [9.17, 15) is 29.4 Å². The number of nitrogens with zero attached hydrogens (tertiary/aromatic N) is 4. The van der Waals surface area contributed by atoms with Gasteiger partial charge in [-0.05, 0) is 69.6 Å². The minimum absolute atomic E-state index is 0.161. The molecule has 2 aromatic carbocycles. The molecule has 4 atom stereocenters. The summed E-state index contributed by atoms with van der Waals surface area (Å²) in [5.41, 5.74) is 4.31. The number of amides is 4. The predicted molar refractivity (Wildman–Crippen MR) is 191 cm³/mol. The third-order valence-corrected chi connectivity index (χ3v) is 17.5. The molecule has 6 fully saturated rings. The lowest BCUT2D eigenvalue weighted by Crippen LogP contribution is -2.77. The van der Waals surface area contributed by atoms with Crippen molar-refractivity contribution in [3.05, 3.63) is 70.8 Å². The van der Waals surface area contributed by atoms with Crippen molar-refractivity contribution in [2.75, 3.05) is 47.9 Å². The molecular weight excluding hydrogens is 691 g/mol. The van der Waals surface area contributed by atoms with Crippen LogP contribution >= 0.6 is 43.2 Å². The zero-order chi connectivity index (χ0) is 34.5. The number of hydrogen-bond acceptors (Lipinski definition) is 11. The smallest absolute Gasteiger partial charge is 0.263 e. The van der Waals surface area contributed by atoms with Crippen molar-refractivity contribution in [2.45, 2.75) is 58.1 Å². The molecule has 15 heteroatoms. The molecule has 0 radical (unpaired) electrons. The number of rotatable bonds is 13. The van der Waals surface area contributed by atoms with Crippen LogP contribution in [-0.4, -0.2) is 121 Å². The fourth-order valence-corrected chi connectivity index (χ4v) is 14.0. The lowest BCUT2D eigenvalue weighted by molar-refractivity contribution is -0.165. The van der Waals surface area contributed by atoms with E-state index < -0.39 is 32.7 Å². The van der Waals surface area contributed by atoms with Gasteiger partial charge in [0.05, 0.1) is 13.2 Å². The number of piperazine rings is 2. The second kappa shape index (κ2) is 13.4. The normalized spacial score (nSPS) is 29.9. The first-order chi connectivity index (χ1) is 22.9. The SMILES string of the molecule is CN1C(=O)[C@]2(Cc3ccc(CCCCNCc4ccc(C[C@@]56SS[C@@](CO)(C(=O)N5C)N(C)C6=O)cc4)cc3)SS[C@@]1(CO)C(=O)N2C. The number of benzene rings is 2. The van der Waals surface area contributed by atoms with Crippen LogP contribution in [0, 0.1) is 0 Å². The molecule has 2 aromatic rings. The van der Waals surface area contributed by atoms with Gasteiger partial charge in [0.2, 0.25) is 9.74 Å². The summed E-state index contributed by atoms with van der Waals surface area (Å²) < 4.78 is 0. The average Bonchev–Trinajstić information content (AvgIpc) is 3.10. The van der Waals surface area contributed by atoms with Crippen LogP contribution < -0.4 is 5.32 Å². The summed E-state index contributed by atoms with van der Waals surface area (Å²) in [6.45, 7) is 0.772. The van der Waals surface area contributed by atoms with Gasteiger partial charge in [0.25, 0.3) is 23.6 Å². The van der Waals surface area contributed by atoms with Crippen LogP contribution in [0.4, 0.5) is 0 Å². The highest BCUT2D eigenvalue weighted by Crippen LogP contribution is 2.60. The number of aryl methyl sites for hydroxylation is 1. The van der Waals surface area contributed by atoms with E-state index >= 15 is 0 Å². The number of unbranched alkanes of at least 4 members (excludes halogenated alkanes) is 1. The Morgan fingerprint density at radius 2 is 0.896 bits per heavy atom. The predicted octanol–water partition coefficient (Wildman–Crippen LogP) is 2.30. The monoisotopic (exact) mass is 731 g/mol. The maximum absolute atomic E-state index is 13.3. The van der Waals surface area contributed by atoms with Gasteiger partial charge in [-0.1, -0.05) is 70.1 Å². The highest BCUT2D eigenvalue weighted by atomic mass is 33.1. The van der Waals surface area contributed by atoms with E-state index in [0.29, 0.717) is 12.8 Å². The van der Waals surface area contributed by atoms with Crippen molar-refractivity contribution < 1.29 is 29.4 Å². The molecule has 0 spiro atoms. The summed E-state index contributed by atoms with van der Waals surface area (Å²) in [6.07, 6.45) is 3.77. The minimum Gasteiger partial charge on any atom is -0.392 e. The molecular formula is C33H41N5O6S4. The molecule has 0 aromatic heterocycles. The maximum Gasteiger partial charge on any atom is 0.263 e. The van der Waals surface area contributed by atoms with Crippen molar-refractivity contribution in [1.82, 2.24) is 24.9 Å². The molecule has 6 aliphatic heterocycles. The van der Waals surface area contributed by atoms with E-state index in [2.05, 4.69) is 29.6 Å². The Kier molecular flexibility index (Phi) is 9.88. The van der Waals surface area contributed by atoms with Gasteiger partial charge in [-0.25, -0.2) is 0 Å². The molecule has 4 amide bonds. The van der Waals surface area contributed by atoms with E-state index in [1.54, 1.807) is 28.2 Å². The summed E-state index contributed by atoms with van der Waals surface area (Å²) in [5.74, 6) is -0.815. The lowest BCUT2D eigenvalue weighted by Gasteiger charge is -2.58. The fourth-order valence-electron chi connectivity index (χ4n) is 6.73. The number of carbonyl (C=O) groups excluding carboxylic acids is 4. The topological polar surface area (TPSA) is 134 Å². The average molecular weight is 732 g/mol. The molecule has 0 unspecified atom stereocenters. The third-order valence-electron chi connectivity index (χ3n) is 10.1. The largest absolute Gasteiger partial charge is 0.392 e. The summed E-state index contributed by atoms with van der Waals surface area (Å²) in [5, 5.41) is 23.3. The molecule has 48 heavy (non-hydrogen) atoms. The first-order valence-electron chi connectivity index (χ1n) is 15.9. The van der Waals surface area contributed by atoms with E-state index in [-0.39, 0.29) is 23.6 Å². The zero-order valence-electron chi connectivity index (χ0n) is 27.4. The second-order valence-electron chi connectivity index (χ2n) is 12.9. The van der Waals surface area contributed by atoms with Crippen molar-refractivity contribution >= 4 is 66.8 Å². The first-order valence-corrected chi connectivity index (χ1v) is 20.2. The molecule has 8 rings (SSSR count). The summed E-state index contributed by atoms with van der Waals surface area (Å²) >= 11 is 0. The summed E-state index contributed by atoms with van der Waals surface area (Å²) in [7, 11) is 11.8. The van der Waals surface area contributed by atoms with Gasteiger partial charge in [0.1, 0.15) is 0 Å². The number of hydrogen-bond donors (Lipinski definition) is 3. The number of aliphatic hydroxyl groups excluding tert-OH is 2. The molecule has 6 saturated heterocycles. The molecule has 4 bridgehead atoms. The quantitative estimate of drug-likeness (QED) is 0.207. The van der Waals surface area contributed by atoms with Crippen molar-refractivity contribution in [3.63, 3.8) is 0 Å². The Hall–Kier alpha value is -2.40. The van der Waals surface area contributed by atoms with Crippen molar-refractivity contribution in [3.8, 4) is 0 Å². The number of nitrogens with one attached hydrogen (secondary N) is 1. The van der Waals surface area contributed by atoms with E-state index in [4.69, 9.17) is 0 Å². The Bertz CT molecular complexity index is 1480. The third kappa shape index (κ3) is 5.44. The van der Waals surface area contributed by atoms with Gasteiger partial charge < -0.3 is 35.1 Å². The highest BCUT2D eigenvalue weighted by Gasteiger charge is 2.68. The molecule has 0 aliphatic carbocycles. The van der Waals surface area contributed by atoms with Crippen LogP contribution in [0.1, 0.15) is 35.1 Å². The van der Waals surface area contributed by atoms with E-state index in [0.717, 1.165) is 49.0 Å². The van der Waals surface area contributed by atoms with Crippen LogP contribution in [-0.2, 0) is 45.0 Å². The Balaban J connectivity index is 0.942. The van der Waals surface area contributed by atoms with Gasteiger partial charge >= 0.3 is 0 Å². The maximum atomic E-state index is 13.3. The molecule has 3 N–H and O–H groups in total. The molecule has 6 aliphatic rings. The Labute approximate surface area is 296 Å². The van der Waals surface area contributed by atoms with Crippen molar-refractivity contribution in [1.29, 1.82) is 0 Å². The van der Waals surface area contributed by atoms with Gasteiger partial charge in [0, 0.05) is 47.6 Å². The first kappa shape index (κ1) is 35.4. The number of aliphatic hydroxyl groups is 2. The van der Waals surface area contributed by atoms with Crippen LogP contribution in [0.15, 0.2) is 48.5 Å². The Morgan fingerprint density at radius 1 is 0.542 bits per heavy atom. The van der Waals surface area contributed by atoms with Gasteiger partial charge in [-0.3, -0.25) is 19.2 Å². The second-order valence-corrected chi connectivity index (χ2v) is 18.2.